The molecule has 3 rings (SSSR count). The van der Waals surface area contributed by atoms with E-state index < -0.39 is 0 Å². The smallest absolute Gasteiger partial charge is 0.0619 e. The van der Waals surface area contributed by atoms with Gasteiger partial charge in [-0.15, -0.1) is 0 Å². The lowest BCUT2D eigenvalue weighted by atomic mass is 9.97. The normalized spacial score (nSPS) is 19.6. The van der Waals surface area contributed by atoms with Gasteiger partial charge in [0.15, 0.2) is 0 Å². The van der Waals surface area contributed by atoms with Gasteiger partial charge in [-0.05, 0) is 24.6 Å². The number of hydrogen-bond donors (Lipinski definition) is 2. The summed E-state index contributed by atoms with van der Waals surface area (Å²) in [6, 6.07) is 0. The van der Waals surface area contributed by atoms with Crippen molar-refractivity contribution in [2.75, 3.05) is 13.1 Å². The maximum absolute atomic E-state index is 6.01. The van der Waals surface area contributed by atoms with Crippen LogP contribution in [-0.2, 0) is 6.54 Å². The van der Waals surface area contributed by atoms with Crippen LogP contribution < -0.4 is 5.32 Å². The highest BCUT2D eigenvalue weighted by Gasteiger charge is 2.18. The summed E-state index contributed by atoms with van der Waals surface area (Å²) >= 11 is 6.01. The van der Waals surface area contributed by atoms with Crippen molar-refractivity contribution in [1.29, 1.82) is 0 Å². The van der Waals surface area contributed by atoms with Crippen molar-refractivity contribution < 1.29 is 0 Å². The molecule has 16 heavy (non-hydrogen) atoms. The van der Waals surface area contributed by atoms with E-state index in [-0.39, 0.29) is 0 Å². The van der Waals surface area contributed by atoms with Crippen LogP contribution in [0.1, 0.15) is 23.2 Å². The van der Waals surface area contributed by atoms with Crippen LogP contribution in [-0.4, -0.2) is 22.5 Å². The highest BCUT2D eigenvalue weighted by atomic mass is 35.5. The van der Waals surface area contributed by atoms with Gasteiger partial charge in [-0.2, -0.15) is 0 Å². The molecule has 0 amide bonds. The summed E-state index contributed by atoms with van der Waals surface area (Å²) in [5.41, 5.74) is 5.25. The third-order valence-electron chi connectivity index (χ3n) is 3.14. The lowest BCUT2D eigenvalue weighted by molar-refractivity contribution is 0.593. The van der Waals surface area contributed by atoms with E-state index in [4.69, 9.17) is 11.8 Å². The Labute approximate surface area is 99.9 Å². The Bertz CT molecular complexity index is 459. The third kappa shape index (κ3) is 1.66. The van der Waals surface area contributed by atoms with Crippen LogP contribution in [0.15, 0.2) is 18.5 Å². The summed E-state index contributed by atoms with van der Waals surface area (Å²) in [7, 11) is 0. The van der Waals surface area contributed by atoms with Gasteiger partial charge in [0.05, 0.1) is 6.54 Å². The molecule has 0 fully saturated rings. The predicted octanol–water partition coefficient (Wildman–Crippen LogP) is 2.33. The molecule has 1 aromatic rings. The molecule has 0 radical (unpaired) electrons. The summed E-state index contributed by atoms with van der Waals surface area (Å²) in [5, 5.41) is 3.33. The molecule has 0 aliphatic carbocycles. The minimum atomic E-state index is 0.775. The summed E-state index contributed by atoms with van der Waals surface area (Å²) < 4.78 is 1.70. The molecule has 0 saturated heterocycles. The summed E-state index contributed by atoms with van der Waals surface area (Å²) in [6.07, 6.45) is 9.38. The number of H-pyrrole nitrogens is 1. The molecule has 84 valence electrons. The van der Waals surface area contributed by atoms with E-state index in [1.165, 1.54) is 22.4 Å². The topological polar surface area (TPSA) is 31.1 Å². The molecule has 0 aromatic carbocycles. The fraction of sp³-hybridized carbons (Fsp3) is 0.333. The Hall–Kier alpha value is -1.19. The van der Waals surface area contributed by atoms with Crippen LogP contribution in [0.5, 0.6) is 0 Å². The maximum Gasteiger partial charge on any atom is 0.0619 e. The third-order valence-corrected chi connectivity index (χ3v) is 3.38. The van der Waals surface area contributed by atoms with Crippen molar-refractivity contribution in [2.24, 2.45) is 0 Å². The van der Waals surface area contributed by atoms with Crippen LogP contribution in [0.3, 0.4) is 0 Å². The Morgan fingerprint density at radius 1 is 1.38 bits per heavy atom. The van der Waals surface area contributed by atoms with E-state index in [0.717, 1.165) is 26.1 Å². The fourth-order valence-corrected chi connectivity index (χ4v) is 2.48. The first-order valence-electron chi connectivity index (χ1n) is 5.55. The second-order valence-electron chi connectivity index (χ2n) is 4.15. The quantitative estimate of drug-likeness (QED) is 0.732. The standard InChI is InChI=1S/C12H14ClN3/c13-16-6-3-12-11(8-16)10(7-15-12)9-1-4-14-5-2-9/h1,3,6-7,14-15H,2,4-5,8H2. The van der Waals surface area contributed by atoms with E-state index >= 15 is 0 Å². The summed E-state index contributed by atoms with van der Waals surface area (Å²) in [4.78, 5) is 3.31. The van der Waals surface area contributed by atoms with Crippen LogP contribution in [0, 0.1) is 0 Å². The Morgan fingerprint density at radius 2 is 2.31 bits per heavy atom. The number of aromatic amines is 1. The lowest BCUT2D eigenvalue weighted by Gasteiger charge is -2.19. The SMILES string of the molecule is ClN1C=Cc2[nH]cc(C3=CCNCC3)c2C1. The molecule has 0 atom stereocenters. The zero-order valence-electron chi connectivity index (χ0n) is 8.96. The Balaban J connectivity index is 2.00. The number of aromatic nitrogens is 1. The van der Waals surface area contributed by atoms with Crippen molar-refractivity contribution in [3.63, 3.8) is 0 Å². The number of rotatable bonds is 1. The Kier molecular flexibility index (Phi) is 2.50. The maximum atomic E-state index is 6.01. The van der Waals surface area contributed by atoms with E-state index in [1.54, 1.807) is 4.42 Å². The predicted molar refractivity (Wildman–Crippen MR) is 66.7 cm³/mol. The highest BCUT2D eigenvalue weighted by molar-refractivity contribution is 6.14. The number of nitrogens with one attached hydrogen (secondary N) is 2. The zero-order valence-corrected chi connectivity index (χ0v) is 9.72. The summed E-state index contributed by atoms with van der Waals surface area (Å²) in [5.74, 6) is 0. The number of halogens is 1. The number of hydrogen-bond acceptors (Lipinski definition) is 2. The molecule has 2 aliphatic rings. The van der Waals surface area contributed by atoms with Crippen LogP contribution in [0.2, 0.25) is 0 Å². The molecule has 0 saturated carbocycles. The average Bonchev–Trinajstić information content (AvgIpc) is 2.73. The molecule has 3 nitrogen and oxygen atoms in total. The van der Waals surface area contributed by atoms with E-state index in [9.17, 15) is 0 Å². The first kappa shape index (κ1) is 10.00. The van der Waals surface area contributed by atoms with Gasteiger partial charge in [0, 0.05) is 47.5 Å². The molecule has 4 heteroatoms. The lowest BCUT2D eigenvalue weighted by Crippen LogP contribution is -2.20. The monoisotopic (exact) mass is 235 g/mol. The van der Waals surface area contributed by atoms with Crippen molar-refractivity contribution in [3.8, 4) is 0 Å². The van der Waals surface area contributed by atoms with Gasteiger partial charge in [0.2, 0.25) is 0 Å². The van der Waals surface area contributed by atoms with Crippen molar-refractivity contribution in [1.82, 2.24) is 14.7 Å². The molecular weight excluding hydrogens is 222 g/mol. The van der Waals surface area contributed by atoms with Gasteiger partial charge in [0.25, 0.3) is 0 Å². The molecule has 0 bridgehead atoms. The highest BCUT2D eigenvalue weighted by Crippen LogP contribution is 2.30. The molecule has 0 spiro atoms. The number of fused-ring (bicyclic) bond motifs is 1. The van der Waals surface area contributed by atoms with Gasteiger partial charge in [-0.25, -0.2) is 0 Å². The number of nitrogens with zero attached hydrogens (tertiary/aromatic N) is 1. The minimum absolute atomic E-state index is 0.775. The van der Waals surface area contributed by atoms with E-state index in [0.29, 0.717) is 0 Å². The van der Waals surface area contributed by atoms with E-state index in [2.05, 4.69) is 22.6 Å². The van der Waals surface area contributed by atoms with Gasteiger partial charge < -0.3 is 10.3 Å². The van der Waals surface area contributed by atoms with Gasteiger partial charge >= 0.3 is 0 Å². The Morgan fingerprint density at radius 3 is 3.12 bits per heavy atom. The van der Waals surface area contributed by atoms with E-state index in [1.807, 2.05) is 12.3 Å². The molecule has 1 aromatic heterocycles. The van der Waals surface area contributed by atoms with Gasteiger partial charge in [0.1, 0.15) is 0 Å². The van der Waals surface area contributed by atoms with Crippen molar-refractivity contribution in [2.45, 2.75) is 13.0 Å². The van der Waals surface area contributed by atoms with Crippen LogP contribution >= 0.6 is 11.8 Å². The zero-order chi connectivity index (χ0) is 11.0. The molecular formula is C12H14ClN3. The first-order valence-corrected chi connectivity index (χ1v) is 5.89. The minimum Gasteiger partial charge on any atom is -0.361 e. The van der Waals surface area contributed by atoms with Gasteiger partial charge in [-0.1, -0.05) is 6.08 Å². The fourth-order valence-electron chi connectivity index (χ4n) is 2.30. The van der Waals surface area contributed by atoms with Crippen molar-refractivity contribution in [3.05, 3.63) is 35.3 Å². The van der Waals surface area contributed by atoms with Crippen LogP contribution in [0.25, 0.3) is 11.6 Å². The molecule has 2 aliphatic heterocycles. The molecule has 2 N–H and O–H groups in total. The average molecular weight is 236 g/mol. The second kappa shape index (κ2) is 4.00. The largest absolute Gasteiger partial charge is 0.361 e. The first-order chi connectivity index (χ1) is 7.84. The second-order valence-corrected chi connectivity index (χ2v) is 4.59. The van der Waals surface area contributed by atoms with Gasteiger partial charge in [-0.3, -0.25) is 4.42 Å². The molecule has 0 unspecified atom stereocenters. The molecule has 3 heterocycles. The summed E-state index contributed by atoms with van der Waals surface area (Å²) in [6.45, 7) is 2.80. The van der Waals surface area contributed by atoms with Crippen LogP contribution in [0.4, 0.5) is 0 Å². The van der Waals surface area contributed by atoms with Crippen molar-refractivity contribution >= 4 is 23.4 Å².